The van der Waals surface area contributed by atoms with Crippen molar-refractivity contribution < 1.29 is 18.0 Å². The maximum Gasteiger partial charge on any atom is 0.416 e. The lowest BCUT2D eigenvalue weighted by Gasteiger charge is -2.23. The summed E-state index contributed by atoms with van der Waals surface area (Å²) in [4.78, 5) is 12.0. The molecular formula is C19H16F3NO. The van der Waals surface area contributed by atoms with Crippen molar-refractivity contribution in [3.05, 3.63) is 77.5 Å². The molecule has 0 aliphatic heterocycles. The van der Waals surface area contributed by atoms with Gasteiger partial charge >= 0.3 is 6.18 Å². The molecule has 0 saturated carbocycles. The summed E-state index contributed by atoms with van der Waals surface area (Å²) >= 11 is 0. The van der Waals surface area contributed by atoms with Crippen molar-refractivity contribution in [1.29, 1.82) is 0 Å². The zero-order valence-corrected chi connectivity index (χ0v) is 12.8. The Balaban J connectivity index is 1.79. The molecule has 1 atom stereocenters. The first-order chi connectivity index (χ1) is 11.4. The van der Waals surface area contributed by atoms with E-state index in [1.807, 2.05) is 30.3 Å². The van der Waals surface area contributed by atoms with E-state index in [4.69, 9.17) is 0 Å². The van der Waals surface area contributed by atoms with E-state index in [9.17, 15) is 18.0 Å². The Morgan fingerprint density at radius 3 is 2.42 bits per heavy atom. The Bertz CT molecular complexity index is 766. The van der Waals surface area contributed by atoms with Gasteiger partial charge in [0.15, 0.2) is 5.78 Å². The third-order valence-electron chi connectivity index (χ3n) is 4.01. The van der Waals surface area contributed by atoms with Crippen LogP contribution in [-0.4, -0.2) is 5.78 Å². The number of halogens is 3. The van der Waals surface area contributed by atoms with Crippen LogP contribution in [0.3, 0.4) is 0 Å². The Labute approximate surface area is 138 Å². The topological polar surface area (TPSA) is 29.1 Å². The van der Waals surface area contributed by atoms with Crippen LogP contribution in [0.15, 0.2) is 66.4 Å². The molecule has 3 rings (SSSR count). The van der Waals surface area contributed by atoms with Crippen molar-refractivity contribution in [1.82, 2.24) is 0 Å². The van der Waals surface area contributed by atoms with Crippen LogP contribution in [0.1, 0.15) is 29.9 Å². The number of nitrogens with one attached hydrogen (secondary N) is 1. The van der Waals surface area contributed by atoms with Gasteiger partial charge < -0.3 is 5.32 Å². The summed E-state index contributed by atoms with van der Waals surface area (Å²) in [6.07, 6.45) is -1.90. The van der Waals surface area contributed by atoms with Gasteiger partial charge in [0.1, 0.15) is 0 Å². The highest BCUT2D eigenvalue weighted by Crippen LogP contribution is 2.34. The van der Waals surface area contributed by atoms with E-state index in [0.29, 0.717) is 24.2 Å². The minimum atomic E-state index is -4.39. The standard InChI is InChI=1S/C19H16F3NO/c20-19(21,22)15-7-4-8-16(11-15)23-17-9-14(10-18(24)12-17)13-5-2-1-3-6-13/h1-8,11-12,14,23H,9-10H2. The molecule has 0 amide bonds. The molecule has 0 heterocycles. The van der Waals surface area contributed by atoms with Gasteiger partial charge in [-0.3, -0.25) is 4.79 Å². The number of alkyl halides is 3. The van der Waals surface area contributed by atoms with Gasteiger partial charge in [-0.15, -0.1) is 0 Å². The molecule has 0 spiro atoms. The van der Waals surface area contributed by atoms with Crippen LogP contribution in [0.5, 0.6) is 0 Å². The van der Waals surface area contributed by atoms with Gasteiger partial charge in [-0.1, -0.05) is 36.4 Å². The lowest BCUT2D eigenvalue weighted by atomic mass is 9.85. The predicted molar refractivity (Wildman–Crippen MR) is 86.6 cm³/mol. The van der Waals surface area contributed by atoms with Gasteiger partial charge in [-0.05, 0) is 36.1 Å². The fourth-order valence-electron chi connectivity index (χ4n) is 2.90. The van der Waals surface area contributed by atoms with Crippen LogP contribution in [0.4, 0.5) is 18.9 Å². The van der Waals surface area contributed by atoms with Gasteiger partial charge in [0.25, 0.3) is 0 Å². The number of carbonyl (C=O) groups excluding carboxylic acids is 1. The van der Waals surface area contributed by atoms with E-state index in [-0.39, 0.29) is 11.7 Å². The van der Waals surface area contributed by atoms with Gasteiger partial charge in [-0.25, -0.2) is 0 Å². The Morgan fingerprint density at radius 1 is 0.958 bits per heavy atom. The van der Waals surface area contributed by atoms with E-state index < -0.39 is 11.7 Å². The van der Waals surface area contributed by atoms with E-state index in [1.165, 1.54) is 12.1 Å². The lowest BCUT2D eigenvalue weighted by molar-refractivity contribution is -0.137. The second-order valence-electron chi connectivity index (χ2n) is 5.86. The number of hydrogen-bond acceptors (Lipinski definition) is 2. The fourth-order valence-corrected chi connectivity index (χ4v) is 2.90. The summed E-state index contributed by atoms with van der Waals surface area (Å²) in [6.45, 7) is 0. The molecule has 2 aromatic carbocycles. The van der Waals surface area contributed by atoms with Crippen molar-refractivity contribution in [2.75, 3.05) is 5.32 Å². The van der Waals surface area contributed by atoms with Crippen molar-refractivity contribution in [3.63, 3.8) is 0 Å². The highest BCUT2D eigenvalue weighted by molar-refractivity contribution is 5.92. The summed E-state index contributed by atoms with van der Waals surface area (Å²) in [5, 5.41) is 2.96. The maximum atomic E-state index is 12.8. The molecule has 124 valence electrons. The summed E-state index contributed by atoms with van der Waals surface area (Å²) in [6, 6.07) is 14.7. The summed E-state index contributed by atoms with van der Waals surface area (Å²) in [7, 11) is 0. The molecule has 2 nitrogen and oxygen atoms in total. The maximum absolute atomic E-state index is 12.8. The van der Waals surface area contributed by atoms with Crippen molar-refractivity contribution >= 4 is 11.5 Å². The number of rotatable bonds is 3. The second-order valence-corrected chi connectivity index (χ2v) is 5.86. The minimum Gasteiger partial charge on any atom is -0.359 e. The van der Waals surface area contributed by atoms with Gasteiger partial charge in [0, 0.05) is 23.9 Å². The molecule has 2 aromatic rings. The van der Waals surface area contributed by atoms with Crippen molar-refractivity contribution in [3.8, 4) is 0 Å². The van der Waals surface area contributed by atoms with E-state index in [2.05, 4.69) is 5.32 Å². The third kappa shape index (κ3) is 3.85. The van der Waals surface area contributed by atoms with E-state index in [0.717, 1.165) is 17.7 Å². The molecule has 5 heteroatoms. The largest absolute Gasteiger partial charge is 0.416 e. The third-order valence-corrected chi connectivity index (χ3v) is 4.01. The lowest BCUT2D eigenvalue weighted by Crippen LogP contribution is -2.17. The first kappa shape index (κ1) is 16.3. The Hall–Kier alpha value is -2.56. The quantitative estimate of drug-likeness (QED) is 0.843. The van der Waals surface area contributed by atoms with Crippen LogP contribution >= 0.6 is 0 Å². The SMILES string of the molecule is O=C1C=C(Nc2cccc(C(F)(F)F)c2)CC(c2ccccc2)C1. The minimum absolute atomic E-state index is 0.0235. The average molecular weight is 331 g/mol. The predicted octanol–water partition coefficient (Wildman–Crippen LogP) is 5.15. The number of hydrogen-bond donors (Lipinski definition) is 1. The number of carbonyl (C=O) groups is 1. The molecule has 0 bridgehead atoms. The molecule has 0 saturated heterocycles. The Morgan fingerprint density at radius 2 is 1.71 bits per heavy atom. The molecule has 1 N–H and O–H groups in total. The normalized spacial score (nSPS) is 18.2. The zero-order chi connectivity index (χ0) is 17.2. The summed E-state index contributed by atoms with van der Waals surface area (Å²) in [5.74, 6) is 0.0153. The molecule has 0 aromatic heterocycles. The highest BCUT2D eigenvalue weighted by Gasteiger charge is 2.30. The monoisotopic (exact) mass is 331 g/mol. The first-order valence-corrected chi connectivity index (χ1v) is 7.64. The number of ketones is 1. The highest BCUT2D eigenvalue weighted by atomic mass is 19.4. The second kappa shape index (κ2) is 6.51. The summed E-state index contributed by atoms with van der Waals surface area (Å²) in [5.41, 5.74) is 1.31. The van der Waals surface area contributed by atoms with Gasteiger partial charge in [-0.2, -0.15) is 13.2 Å². The number of anilines is 1. The molecule has 1 aliphatic carbocycles. The van der Waals surface area contributed by atoms with E-state index in [1.54, 1.807) is 6.07 Å². The molecule has 1 unspecified atom stereocenters. The zero-order valence-electron chi connectivity index (χ0n) is 12.8. The molecule has 1 aliphatic rings. The average Bonchev–Trinajstić information content (AvgIpc) is 2.54. The number of benzene rings is 2. The Kier molecular flexibility index (Phi) is 4.42. The summed E-state index contributed by atoms with van der Waals surface area (Å²) < 4.78 is 38.4. The van der Waals surface area contributed by atoms with Crippen LogP contribution in [-0.2, 0) is 11.0 Å². The van der Waals surface area contributed by atoms with Crippen LogP contribution in [0.25, 0.3) is 0 Å². The van der Waals surface area contributed by atoms with Crippen LogP contribution < -0.4 is 5.32 Å². The molecular weight excluding hydrogens is 315 g/mol. The first-order valence-electron chi connectivity index (χ1n) is 7.64. The fraction of sp³-hybridized carbons (Fsp3) is 0.211. The van der Waals surface area contributed by atoms with Gasteiger partial charge in [0.2, 0.25) is 0 Å². The number of allylic oxidation sites excluding steroid dienone is 2. The molecule has 0 fully saturated rings. The van der Waals surface area contributed by atoms with Gasteiger partial charge in [0.05, 0.1) is 5.56 Å². The van der Waals surface area contributed by atoms with Crippen LogP contribution in [0.2, 0.25) is 0 Å². The van der Waals surface area contributed by atoms with E-state index >= 15 is 0 Å². The van der Waals surface area contributed by atoms with Crippen molar-refractivity contribution in [2.24, 2.45) is 0 Å². The smallest absolute Gasteiger partial charge is 0.359 e. The van der Waals surface area contributed by atoms with Crippen molar-refractivity contribution in [2.45, 2.75) is 24.9 Å². The molecule has 24 heavy (non-hydrogen) atoms. The van der Waals surface area contributed by atoms with Crippen LogP contribution in [0, 0.1) is 0 Å². The molecule has 0 radical (unpaired) electrons.